The second-order valence-electron chi connectivity index (χ2n) is 5.86. The third kappa shape index (κ3) is 4.28. The zero-order valence-electron chi connectivity index (χ0n) is 12.8. The molecule has 1 aromatic rings. The Morgan fingerprint density at radius 3 is 2.38 bits per heavy atom. The largest absolute Gasteiger partial charge is 0.326 e. The lowest BCUT2D eigenvalue weighted by Crippen LogP contribution is -2.39. The van der Waals surface area contributed by atoms with Crippen LogP contribution in [0.15, 0.2) is 24.3 Å². The summed E-state index contributed by atoms with van der Waals surface area (Å²) in [6, 6.07) is 7.54. The molecule has 2 rings (SSSR count). The number of nitrogens with zero attached hydrogens (tertiary/aromatic N) is 1. The summed E-state index contributed by atoms with van der Waals surface area (Å²) in [7, 11) is -3.23. The summed E-state index contributed by atoms with van der Waals surface area (Å²) in [6.45, 7) is 3.90. The molecule has 0 aromatic heterocycles. The number of benzene rings is 1. The molecule has 0 atom stereocenters. The summed E-state index contributed by atoms with van der Waals surface area (Å²) in [5.74, 6) is 0.761. The molecule has 4 nitrogen and oxygen atoms in total. The molecule has 118 valence electrons. The lowest BCUT2D eigenvalue weighted by atomic mass is 9.94. The number of nitrogens with two attached hydrogens (primary N) is 1. The first kappa shape index (κ1) is 16.5. The van der Waals surface area contributed by atoms with Crippen molar-refractivity contribution in [1.82, 2.24) is 4.31 Å². The first-order valence-electron chi connectivity index (χ1n) is 7.81. The molecule has 0 spiro atoms. The molecule has 1 fully saturated rings. The molecular formula is C16H26N2O2S. The number of piperidine rings is 1. The van der Waals surface area contributed by atoms with E-state index in [9.17, 15) is 8.42 Å². The fraction of sp³-hybridized carbons (Fsp3) is 0.625. The molecule has 0 unspecified atom stereocenters. The highest BCUT2D eigenvalue weighted by atomic mass is 32.2. The molecule has 1 heterocycles. The van der Waals surface area contributed by atoms with Crippen molar-refractivity contribution in [1.29, 1.82) is 0 Å². The van der Waals surface area contributed by atoms with E-state index in [1.54, 1.807) is 4.31 Å². The van der Waals surface area contributed by atoms with Gasteiger partial charge in [-0.1, -0.05) is 44.0 Å². The maximum Gasteiger partial charge on any atom is 0.218 e. The third-order valence-corrected chi connectivity index (χ3v) is 6.17. The first-order chi connectivity index (χ1) is 10.1. The Kier molecular flexibility index (Phi) is 5.79. The minimum atomic E-state index is -3.23. The van der Waals surface area contributed by atoms with E-state index in [4.69, 9.17) is 5.73 Å². The summed E-state index contributed by atoms with van der Waals surface area (Å²) in [5.41, 5.74) is 7.44. The van der Waals surface area contributed by atoms with Crippen LogP contribution in [0.4, 0.5) is 0 Å². The smallest absolute Gasteiger partial charge is 0.218 e. The van der Waals surface area contributed by atoms with Gasteiger partial charge in [0.25, 0.3) is 0 Å². The lowest BCUT2D eigenvalue weighted by Gasteiger charge is -2.31. The van der Waals surface area contributed by atoms with Crippen LogP contribution in [-0.4, -0.2) is 25.8 Å². The number of rotatable bonds is 6. The lowest BCUT2D eigenvalue weighted by molar-refractivity contribution is 0.262. The van der Waals surface area contributed by atoms with Crippen molar-refractivity contribution >= 4 is 10.0 Å². The molecule has 2 N–H and O–H groups in total. The van der Waals surface area contributed by atoms with Crippen LogP contribution in [-0.2, 0) is 22.3 Å². The van der Waals surface area contributed by atoms with Crippen LogP contribution in [0.1, 0.15) is 43.7 Å². The van der Waals surface area contributed by atoms with Gasteiger partial charge in [-0.15, -0.1) is 0 Å². The van der Waals surface area contributed by atoms with Gasteiger partial charge in [-0.05, 0) is 29.9 Å². The highest BCUT2D eigenvalue weighted by Crippen LogP contribution is 2.25. The average Bonchev–Trinajstić information content (AvgIpc) is 2.48. The van der Waals surface area contributed by atoms with E-state index >= 15 is 0 Å². The third-order valence-electron chi connectivity index (χ3n) is 4.34. The SMILES string of the molecule is CCCC1CCN(S(=O)(=O)Cc2ccccc2CN)CC1. The van der Waals surface area contributed by atoms with Crippen molar-refractivity contribution < 1.29 is 8.42 Å². The van der Waals surface area contributed by atoms with Gasteiger partial charge in [0.15, 0.2) is 0 Å². The Bertz CT molecular complexity index is 549. The van der Waals surface area contributed by atoms with Crippen LogP contribution >= 0.6 is 0 Å². The van der Waals surface area contributed by atoms with Gasteiger partial charge in [-0.2, -0.15) is 0 Å². The summed E-state index contributed by atoms with van der Waals surface area (Å²) in [6.07, 6.45) is 4.38. The summed E-state index contributed by atoms with van der Waals surface area (Å²) in [4.78, 5) is 0. The standard InChI is InChI=1S/C16H26N2O2S/c1-2-5-14-8-10-18(11-9-14)21(19,20)13-16-7-4-3-6-15(16)12-17/h3-4,6-7,14H,2,5,8-13,17H2,1H3. The molecule has 0 amide bonds. The van der Waals surface area contributed by atoms with E-state index in [0.717, 1.165) is 24.0 Å². The van der Waals surface area contributed by atoms with Crippen molar-refractivity contribution in [3.8, 4) is 0 Å². The normalized spacial score (nSPS) is 18.0. The van der Waals surface area contributed by atoms with Crippen LogP contribution in [0.5, 0.6) is 0 Å². The van der Waals surface area contributed by atoms with Gasteiger partial charge in [0.05, 0.1) is 5.75 Å². The molecule has 5 heteroatoms. The number of hydrogen-bond acceptors (Lipinski definition) is 3. The van der Waals surface area contributed by atoms with E-state index in [-0.39, 0.29) is 5.75 Å². The van der Waals surface area contributed by atoms with Gasteiger partial charge in [-0.3, -0.25) is 0 Å². The van der Waals surface area contributed by atoms with Crippen LogP contribution < -0.4 is 5.73 Å². The van der Waals surface area contributed by atoms with Crippen molar-refractivity contribution in [2.24, 2.45) is 11.7 Å². The van der Waals surface area contributed by atoms with Crippen LogP contribution in [0.3, 0.4) is 0 Å². The van der Waals surface area contributed by atoms with Crippen LogP contribution in [0, 0.1) is 5.92 Å². The van der Waals surface area contributed by atoms with Crippen molar-refractivity contribution in [2.75, 3.05) is 13.1 Å². The van der Waals surface area contributed by atoms with E-state index in [2.05, 4.69) is 6.92 Å². The highest BCUT2D eigenvalue weighted by Gasteiger charge is 2.28. The van der Waals surface area contributed by atoms with Crippen LogP contribution in [0.25, 0.3) is 0 Å². The molecule has 1 aromatic carbocycles. The van der Waals surface area contributed by atoms with E-state index < -0.39 is 10.0 Å². The molecule has 1 saturated heterocycles. The molecule has 0 bridgehead atoms. The molecule has 0 aliphatic carbocycles. The predicted octanol–water partition coefficient (Wildman–Crippen LogP) is 2.49. The Morgan fingerprint density at radius 1 is 1.19 bits per heavy atom. The first-order valence-corrected chi connectivity index (χ1v) is 9.42. The number of sulfonamides is 1. The van der Waals surface area contributed by atoms with Gasteiger partial charge in [0.1, 0.15) is 0 Å². The Hall–Kier alpha value is -0.910. The Morgan fingerprint density at radius 2 is 1.81 bits per heavy atom. The topological polar surface area (TPSA) is 63.4 Å². The second-order valence-corrected chi connectivity index (χ2v) is 7.83. The zero-order valence-corrected chi connectivity index (χ0v) is 13.6. The summed E-state index contributed by atoms with van der Waals surface area (Å²) in [5, 5.41) is 0. The monoisotopic (exact) mass is 310 g/mol. The van der Waals surface area contributed by atoms with Gasteiger partial charge >= 0.3 is 0 Å². The van der Waals surface area contributed by atoms with Gasteiger partial charge in [0.2, 0.25) is 10.0 Å². The van der Waals surface area contributed by atoms with Crippen LogP contribution in [0.2, 0.25) is 0 Å². The molecule has 1 aliphatic heterocycles. The summed E-state index contributed by atoms with van der Waals surface area (Å²) >= 11 is 0. The average molecular weight is 310 g/mol. The summed E-state index contributed by atoms with van der Waals surface area (Å²) < 4.78 is 26.8. The highest BCUT2D eigenvalue weighted by molar-refractivity contribution is 7.88. The predicted molar refractivity (Wildman–Crippen MR) is 86.2 cm³/mol. The fourth-order valence-electron chi connectivity index (χ4n) is 3.07. The van der Waals surface area contributed by atoms with Crippen molar-refractivity contribution in [3.05, 3.63) is 35.4 Å². The molecule has 0 radical (unpaired) electrons. The maximum absolute atomic E-state index is 12.6. The molecule has 0 saturated carbocycles. The van der Waals surface area contributed by atoms with Gasteiger partial charge in [0, 0.05) is 19.6 Å². The van der Waals surface area contributed by atoms with Crippen molar-refractivity contribution in [3.63, 3.8) is 0 Å². The minimum Gasteiger partial charge on any atom is -0.326 e. The molecule has 1 aliphatic rings. The Balaban J connectivity index is 2.02. The fourth-order valence-corrected chi connectivity index (χ4v) is 4.69. The number of hydrogen-bond donors (Lipinski definition) is 1. The maximum atomic E-state index is 12.6. The minimum absolute atomic E-state index is 0.0683. The van der Waals surface area contributed by atoms with E-state index in [0.29, 0.717) is 25.6 Å². The zero-order chi connectivity index (χ0) is 15.3. The second kappa shape index (κ2) is 7.38. The van der Waals surface area contributed by atoms with Crippen molar-refractivity contribution in [2.45, 2.75) is 44.9 Å². The van der Waals surface area contributed by atoms with Gasteiger partial charge in [-0.25, -0.2) is 12.7 Å². The Labute approximate surface area is 128 Å². The quantitative estimate of drug-likeness (QED) is 0.878. The van der Waals surface area contributed by atoms with E-state index in [1.807, 2.05) is 24.3 Å². The van der Waals surface area contributed by atoms with E-state index in [1.165, 1.54) is 12.8 Å². The molecular weight excluding hydrogens is 284 g/mol. The molecule has 21 heavy (non-hydrogen) atoms. The van der Waals surface area contributed by atoms with Gasteiger partial charge < -0.3 is 5.73 Å².